The molecule has 0 aromatic heterocycles. The van der Waals surface area contributed by atoms with E-state index in [1.54, 1.807) is 11.8 Å². The second-order valence-electron chi connectivity index (χ2n) is 4.93. The fourth-order valence-corrected chi connectivity index (χ4v) is 2.84. The number of carbonyl (C=O) groups excluding carboxylic acids is 1. The maximum atomic E-state index is 12.2. The minimum atomic E-state index is -0.129. The van der Waals surface area contributed by atoms with Gasteiger partial charge in [0.05, 0.1) is 4.75 Å². The lowest BCUT2D eigenvalue weighted by Gasteiger charge is -2.44. The number of hydrogen-bond donors (Lipinski definition) is 0. The second kappa shape index (κ2) is 3.30. The van der Waals surface area contributed by atoms with Crippen molar-refractivity contribution in [3.05, 3.63) is 0 Å². The summed E-state index contributed by atoms with van der Waals surface area (Å²) in [5.74, 6) is 0.964. The molecule has 0 bridgehead atoms. The van der Waals surface area contributed by atoms with E-state index in [-0.39, 0.29) is 10.2 Å². The summed E-state index contributed by atoms with van der Waals surface area (Å²) in [5, 5.41) is 0. The van der Waals surface area contributed by atoms with Crippen LogP contribution in [-0.4, -0.2) is 16.8 Å². The first-order valence-corrected chi connectivity index (χ1v) is 6.17. The van der Waals surface area contributed by atoms with Crippen molar-refractivity contribution < 1.29 is 4.79 Å². The molecule has 1 fully saturated rings. The third-order valence-electron chi connectivity index (χ3n) is 3.80. The van der Waals surface area contributed by atoms with E-state index in [1.165, 1.54) is 6.42 Å². The molecule has 0 radical (unpaired) electrons. The summed E-state index contributed by atoms with van der Waals surface area (Å²) in [5.41, 5.74) is -0.129. The predicted octanol–water partition coefficient (Wildman–Crippen LogP) is 3.13. The summed E-state index contributed by atoms with van der Waals surface area (Å²) in [6.45, 7) is 8.46. The van der Waals surface area contributed by atoms with Gasteiger partial charge in [-0.1, -0.05) is 20.8 Å². The van der Waals surface area contributed by atoms with Crippen molar-refractivity contribution >= 4 is 17.5 Å². The van der Waals surface area contributed by atoms with Crippen molar-refractivity contribution in [2.75, 3.05) is 6.26 Å². The normalized spacial score (nSPS) is 39.2. The first-order chi connectivity index (χ1) is 5.84. The molecule has 1 nitrogen and oxygen atoms in total. The van der Waals surface area contributed by atoms with Gasteiger partial charge in [0.15, 0.2) is 5.78 Å². The number of carbonyl (C=O) groups is 1. The Morgan fingerprint density at radius 1 is 1.38 bits per heavy atom. The van der Waals surface area contributed by atoms with Gasteiger partial charge in [0.1, 0.15) is 0 Å². The Balaban J connectivity index is 2.95. The lowest BCUT2D eigenvalue weighted by Crippen LogP contribution is -2.49. The van der Waals surface area contributed by atoms with Crippen LogP contribution in [0.3, 0.4) is 0 Å². The van der Waals surface area contributed by atoms with Crippen molar-refractivity contribution in [3.8, 4) is 0 Å². The smallest absolute Gasteiger partial charge is 0.154 e. The van der Waals surface area contributed by atoms with Crippen LogP contribution in [0.25, 0.3) is 0 Å². The Bertz CT molecular complexity index is 215. The molecule has 1 aliphatic carbocycles. The molecular formula is C11H20OS. The third-order valence-corrected chi connectivity index (χ3v) is 5.09. The Kier molecular flexibility index (Phi) is 2.82. The molecule has 0 N–H and O–H groups in total. The van der Waals surface area contributed by atoms with Crippen LogP contribution < -0.4 is 0 Å². The number of Topliss-reactive ketones (excluding diaryl/α,β-unsaturated/α-hetero) is 1. The van der Waals surface area contributed by atoms with Crippen molar-refractivity contribution in [2.45, 2.75) is 45.3 Å². The maximum absolute atomic E-state index is 12.2. The summed E-state index contributed by atoms with van der Waals surface area (Å²) in [4.78, 5) is 12.2. The Morgan fingerprint density at radius 2 is 1.92 bits per heavy atom. The molecule has 76 valence electrons. The van der Waals surface area contributed by atoms with Crippen LogP contribution in [0, 0.1) is 11.3 Å². The van der Waals surface area contributed by atoms with E-state index in [4.69, 9.17) is 0 Å². The summed E-state index contributed by atoms with van der Waals surface area (Å²) >= 11 is 1.71. The van der Waals surface area contributed by atoms with Gasteiger partial charge in [0.25, 0.3) is 0 Å². The Labute approximate surface area is 85.7 Å². The second-order valence-corrected chi connectivity index (χ2v) is 6.23. The highest BCUT2D eigenvalue weighted by molar-refractivity contribution is 8.00. The standard InChI is InChI=1S/C11H20OS/c1-8-6-7-11(4,13-5)9(12)10(8,2)3/h8H,6-7H2,1-5H3. The lowest BCUT2D eigenvalue weighted by atomic mass is 9.65. The SMILES string of the molecule is CSC1(C)CCC(C)C(C)(C)C1=O. The molecule has 1 aliphatic rings. The van der Waals surface area contributed by atoms with E-state index in [0.29, 0.717) is 11.7 Å². The maximum Gasteiger partial charge on any atom is 0.154 e. The largest absolute Gasteiger partial charge is 0.298 e. The van der Waals surface area contributed by atoms with E-state index < -0.39 is 0 Å². The van der Waals surface area contributed by atoms with E-state index in [0.717, 1.165) is 6.42 Å². The molecule has 0 spiro atoms. The van der Waals surface area contributed by atoms with Crippen LogP contribution in [0.5, 0.6) is 0 Å². The van der Waals surface area contributed by atoms with Gasteiger partial charge in [-0.2, -0.15) is 11.8 Å². The Hall–Kier alpha value is 0.0200. The van der Waals surface area contributed by atoms with Gasteiger partial charge in [0.2, 0.25) is 0 Å². The molecule has 0 amide bonds. The Morgan fingerprint density at radius 3 is 2.38 bits per heavy atom. The number of hydrogen-bond acceptors (Lipinski definition) is 2. The molecule has 13 heavy (non-hydrogen) atoms. The van der Waals surface area contributed by atoms with Gasteiger partial charge < -0.3 is 0 Å². The van der Waals surface area contributed by atoms with E-state index >= 15 is 0 Å². The van der Waals surface area contributed by atoms with Gasteiger partial charge in [-0.15, -0.1) is 0 Å². The van der Waals surface area contributed by atoms with E-state index in [1.807, 2.05) is 6.26 Å². The van der Waals surface area contributed by atoms with E-state index in [9.17, 15) is 4.79 Å². The molecule has 0 saturated heterocycles. The van der Waals surface area contributed by atoms with Crippen LogP contribution >= 0.6 is 11.8 Å². The zero-order chi connectivity index (χ0) is 10.3. The van der Waals surface area contributed by atoms with Crippen molar-refractivity contribution in [1.82, 2.24) is 0 Å². The average molecular weight is 200 g/mol. The van der Waals surface area contributed by atoms with Crippen molar-refractivity contribution in [1.29, 1.82) is 0 Å². The minimum Gasteiger partial charge on any atom is -0.298 e. The fraction of sp³-hybridized carbons (Fsp3) is 0.909. The molecule has 2 heteroatoms. The summed E-state index contributed by atoms with van der Waals surface area (Å²) in [6, 6.07) is 0. The number of thioether (sulfide) groups is 1. The highest BCUT2D eigenvalue weighted by Crippen LogP contribution is 2.46. The zero-order valence-electron chi connectivity index (χ0n) is 9.31. The summed E-state index contributed by atoms with van der Waals surface area (Å²) in [7, 11) is 0. The molecule has 0 aromatic carbocycles. The molecule has 2 atom stereocenters. The van der Waals surface area contributed by atoms with Gasteiger partial charge in [0, 0.05) is 5.41 Å². The van der Waals surface area contributed by atoms with Gasteiger partial charge in [-0.25, -0.2) is 0 Å². The molecular weight excluding hydrogens is 180 g/mol. The molecule has 0 aliphatic heterocycles. The highest BCUT2D eigenvalue weighted by Gasteiger charge is 2.48. The average Bonchev–Trinajstić information content (AvgIpc) is 2.10. The molecule has 0 aromatic rings. The van der Waals surface area contributed by atoms with Crippen molar-refractivity contribution in [2.24, 2.45) is 11.3 Å². The molecule has 0 heterocycles. The zero-order valence-corrected chi connectivity index (χ0v) is 10.1. The first-order valence-electron chi connectivity index (χ1n) is 4.94. The highest BCUT2D eigenvalue weighted by atomic mass is 32.2. The van der Waals surface area contributed by atoms with Gasteiger partial charge in [-0.3, -0.25) is 4.79 Å². The van der Waals surface area contributed by atoms with Crippen LogP contribution in [0.15, 0.2) is 0 Å². The third kappa shape index (κ3) is 1.65. The van der Waals surface area contributed by atoms with Crippen LogP contribution in [-0.2, 0) is 4.79 Å². The van der Waals surface area contributed by atoms with Crippen molar-refractivity contribution in [3.63, 3.8) is 0 Å². The van der Waals surface area contributed by atoms with Crippen LogP contribution in [0.1, 0.15) is 40.5 Å². The van der Waals surface area contributed by atoms with E-state index in [2.05, 4.69) is 27.7 Å². The summed E-state index contributed by atoms with van der Waals surface area (Å²) in [6.07, 6.45) is 4.26. The number of rotatable bonds is 1. The predicted molar refractivity (Wildman–Crippen MR) is 59.1 cm³/mol. The molecule has 1 saturated carbocycles. The fourth-order valence-electron chi connectivity index (χ4n) is 2.07. The van der Waals surface area contributed by atoms with Crippen LogP contribution in [0.2, 0.25) is 0 Å². The quantitative estimate of drug-likeness (QED) is 0.647. The molecule has 2 unspecified atom stereocenters. The monoisotopic (exact) mass is 200 g/mol. The molecule has 1 rings (SSSR count). The first kappa shape index (κ1) is 11.1. The number of ketones is 1. The van der Waals surface area contributed by atoms with Crippen LogP contribution in [0.4, 0.5) is 0 Å². The van der Waals surface area contributed by atoms with Gasteiger partial charge >= 0.3 is 0 Å². The van der Waals surface area contributed by atoms with Gasteiger partial charge in [-0.05, 0) is 31.9 Å². The lowest BCUT2D eigenvalue weighted by molar-refractivity contribution is -0.134. The summed E-state index contributed by atoms with van der Waals surface area (Å²) < 4.78 is -0.129. The topological polar surface area (TPSA) is 17.1 Å². The minimum absolute atomic E-state index is 0.129.